The number of ether oxygens (including phenoxy) is 1. The van der Waals surface area contributed by atoms with Gasteiger partial charge >= 0.3 is 0 Å². The molecule has 0 bridgehead atoms. The lowest BCUT2D eigenvalue weighted by Gasteiger charge is -2.30. The zero-order chi connectivity index (χ0) is 23.4. The van der Waals surface area contributed by atoms with E-state index in [1.165, 1.54) is 11.8 Å². The van der Waals surface area contributed by atoms with Crippen LogP contribution in [0, 0.1) is 6.92 Å². The highest BCUT2D eigenvalue weighted by molar-refractivity contribution is 8.15. The maximum absolute atomic E-state index is 13.4. The summed E-state index contributed by atoms with van der Waals surface area (Å²) in [6.07, 6.45) is 2.39. The first-order chi connectivity index (χ1) is 16.0. The zero-order valence-corrected chi connectivity index (χ0v) is 20.2. The van der Waals surface area contributed by atoms with Crippen molar-refractivity contribution >= 4 is 52.1 Å². The Bertz CT molecular complexity index is 1100. The lowest BCUT2D eigenvalue weighted by molar-refractivity contribution is -0.134. The van der Waals surface area contributed by atoms with E-state index in [-0.39, 0.29) is 17.1 Å². The number of amidine groups is 1. The van der Waals surface area contributed by atoms with E-state index in [9.17, 15) is 9.59 Å². The molecule has 0 aromatic heterocycles. The van der Waals surface area contributed by atoms with Crippen LogP contribution in [0.3, 0.4) is 0 Å². The summed E-state index contributed by atoms with van der Waals surface area (Å²) in [7, 11) is 0. The van der Waals surface area contributed by atoms with Crippen molar-refractivity contribution in [3.05, 3.63) is 70.4 Å². The Hall–Kier alpha value is -2.61. The number of amides is 2. The third-order valence-electron chi connectivity index (χ3n) is 5.56. The molecule has 33 heavy (non-hydrogen) atoms. The number of hydrogen-bond donors (Lipinski definition) is 0. The van der Waals surface area contributed by atoms with Gasteiger partial charge in [0.25, 0.3) is 5.91 Å². The number of morpholine rings is 1. The second-order valence-electron chi connectivity index (χ2n) is 7.86. The molecule has 2 heterocycles. The number of rotatable bonds is 5. The number of anilines is 1. The smallest absolute Gasteiger partial charge is 0.283 e. The van der Waals surface area contributed by atoms with E-state index < -0.39 is 0 Å². The maximum atomic E-state index is 13.4. The summed E-state index contributed by atoms with van der Waals surface area (Å²) in [5.74, 6) is -0.196. The molecule has 4 rings (SSSR count). The molecule has 2 aliphatic rings. The van der Waals surface area contributed by atoms with Crippen LogP contribution in [0.5, 0.6) is 0 Å². The molecular formula is C25H26ClN3O3S. The average Bonchev–Trinajstić information content (AvgIpc) is 3.14. The van der Waals surface area contributed by atoms with Crippen LogP contribution >= 0.6 is 23.4 Å². The predicted molar refractivity (Wildman–Crippen MR) is 135 cm³/mol. The van der Waals surface area contributed by atoms with Crippen LogP contribution in [0.4, 0.5) is 5.69 Å². The van der Waals surface area contributed by atoms with Crippen LogP contribution in [0.2, 0.25) is 5.02 Å². The van der Waals surface area contributed by atoms with Gasteiger partial charge in [-0.2, -0.15) is 0 Å². The fraction of sp³-hybridized carbons (Fsp3) is 0.320. The molecule has 0 spiro atoms. The number of carbonyl (C=O) groups excluding carboxylic acids is 2. The molecular weight excluding hydrogens is 458 g/mol. The summed E-state index contributed by atoms with van der Waals surface area (Å²) in [4.78, 5) is 34.7. The second-order valence-corrected chi connectivity index (χ2v) is 9.44. The van der Waals surface area contributed by atoms with Crippen molar-refractivity contribution in [2.24, 2.45) is 4.99 Å². The Morgan fingerprint density at radius 3 is 2.61 bits per heavy atom. The minimum Gasteiger partial charge on any atom is -0.378 e. The fourth-order valence-electron chi connectivity index (χ4n) is 3.65. The molecule has 0 radical (unpaired) electrons. The number of thioether (sulfide) groups is 1. The van der Waals surface area contributed by atoms with E-state index in [0.29, 0.717) is 54.3 Å². The van der Waals surface area contributed by atoms with Crippen molar-refractivity contribution in [1.82, 2.24) is 4.90 Å². The summed E-state index contributed by atoms with van der Waals surface area (Å²) in [5.41, 5.74) is 2.77. The zero-order valence-electron chi connectivity index (χ0n) is 18.7. The Balaban J connectivity index is 1.67. The standard InChI is InChI=1S/C25H26ClN3O3S/c1-3-22(24(31)28-11-13-32-14-12-28)33-25-27-21(15-18-7-5-4-6-8-18)23(30)29(25)19-10-9-17(2)20(26)16-19/h4-10,15-16,22H,3,11-14H2,1-2H3. The molecule has 1 atom stereocenters. The minimum atomic E-state index is -0.353. The van der Waals surface area contributed by atoms with Gasteiger partial charge in [-0.15, -0.1) is 0 Å². The van der Waals surface area contributed by atoms with E-state index in [4.69, 9.17) is 16.3 Å². The molecule has 0 aliphatic carbocycles. The molecule has 1 saturated heterocycles. The Kier molecular flexibility index (Phi) is 7.53. The molecule has 2 aromatic carbocycles. The third kappa shape index (κ3) is 5.32. The van der Waals surface area contributed by atoms with Crippen LogP contribution < -0.4 is 4.90 Å². The quantitative estimate of drug-likeness (QED) is 0.575. The van der Waals surface area contributed by atoms with Gasteiger partial charge < -0.3 is 9.64 Å². The van der Waals surface area contributed by atoms with Gasteiger partial charge in [0, 0.05) is 18.1 Å². The minimum absolute atomic E-state index is 0.0447. The third-order valence-corrected chi connectivity index (χ3v) is 7.27. The molecule has 0 saturated carbocycles. The highest BCUT2D eigenvalue weighted by Gasteiger charge is 2.36. The summed E-state index contributed by atoms with van der Waals surface area (Å²) >= 11 is 7.69. The van der Waals surface area contributed by atoms with E-state index in [1.807, 2.05) is 61.2 Å². The molecule has 0 N–H and O–H groups in total. The molecule has 1 unspecified atom stereocenters. The average molecular weight is 484 g/mol. The van der Waals surface area contributed by atoms with Crippen molar-refractivity contribution < 1.29 is 14.3 Å². The van der Waals surface area contributed by atoms with Crippen LogP contribution in [0.25, 0.3) is 6.08 Å². The van der Waals surface area contributed by atoms with E-state index >= 15 is 0 Å². The topological polar surface area (TPSA) is 62.2 Å². The van der Waals surface area contributed by atoms with Crippen molar-refractivity contribution in [1.29, 1.82) is 0 Å². The van der Waals surface area contributed by atoms with Gasteiger partial charge in [0.2, 0.25) is 5.91 Å². The normalized spacial score (nSPS) is 18.6. The lowest BCUT2D eigenvalue weighted by atomic mass is 10.2. The number of carbonyl (C=O) groups is 2. The summed E-state index contributed by atoms with van der Waals surface area (Å²) in [6.45, 7) is 6.14. The van der Waals surface area contributed by atoms with Gasteiger partial charge in [0.1, 0.15) is 5.70 Å². The Labute approximate surface area is 203 Å². The summed E-state index contributed by atoms with van der Waals surface area (Å²) in [5, 5.41) is 0.700. The van der Waals surface area contributed by atoms with E-state index in [0.717, 1.165) is 11.1 Å². The fourth-order valence-corrected chi connectivity index (χ4v) is 4.94. The van der Waals surface area contributed by atoms with Gasteiger partial charge in [0.15, 0.2) is 5.17 Å². The van der Waals surface area contributed by atoms with E-state index in [1.54, 1.807) is 17.0 Å². The number of halogens is 1. The van der Waals surface area contributed by atoms with Gasteiger partial charge in [-0.25, -0.2) is 4.99 Å². The van der Waals surface area contributed by atoms with Gasteiger partial charge in [0.05, 0.1) is 24.2 Å². The monoisotopic (exact) mass is 483 g/mol. The highest BCUT2D eigenvalue weighted by atomic mass is 35.5. The lowest BCUT2D eigenvalue weighted by Crippen LogP contribution is -2.45. The van der Waals surface area contributed by atoms with Gasteiger partial charge in [-0.1, -0.05) is 66.7 Å². The molecule has 2 amide bonds. The largest absolute Gasteiger partial charge is 0.378 e. The molecule has 8 heteroatoms. The molecule has 2 aliphatic heterocycles. The van der Waals surface area contributed by atoms with Crippen LogP contribution in [0.1, 0.15) is 24.5 Å². The molecule has 2 aromatic rings. The molecule has 6 nitrogen and oxygen atoms in total. The van der Waals surface area contributed by atoms with Crippen LogP contribution in [-0.4, -0.2) is 53.4 Å². The summed E-state index contributed by atoms with van der Waals surface area (Å²) in [6, 6.07) is 15.1. The first-order valence-electron chi connectivity index (χ1n) is 11.0. The van der Waals surface area contributed by atoms with Gasteiger partial charge in [-0.3, -0.25) is 14.5 Å². The number of nitrogens with zero attached hydrogens (tertiary/aromatic N) is 3. The molecule has 1 fully saturated rings. The SMILES string of the molecule is CCC(SC1=NC(=Cc2ccccc2)C(=O)N1c1ccc(C)c(Cl)c1)C(=O)N1CCOCC1. The van der Waals surface area contributed by atoms with Crippen molar-refractivity contribution in [2.75, 3.05) is 31.2 Å². The first-order valence-corrected chi connectivity index (χ1v) is 12.2. The maximum Gasteiger partial charge on any atom is 0.283 e. The summed E-state index contributed by atoms with van der Waals surface area (Å²) < 4.78 is 5.38. The number of aryl methyl sites for hydroxylation is 1. The van der Waals surface area contributed by atoms with E-state index in [2.05, 4.69) is 4.99 Å². The molecule has 172 valence electrons. The van der Waals surface area contributed by atoms with Crippen molar-refractivity contribution in [2.45, 2.75) is 25.5 Å². The Morgan fingerprint density at radius 1 is 1.21 bits per heavy atom. The first kappa shape index (κ1) is 23.5. The number of benzene rings is 2. The van der Waals surface area contributed by atoms with Crippen molar-refractivity contribution in [3.8, 4) is 0 Å². The van der Waals surface area contributed by atoms with Crippen LogP contribution in [0.15, 0.2) is 59.2 Å². The highest BCUT2D eigenvalue weighted by Crippen LogP contribution is 2.34. The van der Waals surface area contributed by atoms with Gasteiger partial charge in [-0.05, 0) is 42.7 Å². The van der Waals surface area contributed by atoms with Crippen LogP contribution in [-0.2, 0) is 14.3 Å². The number of aliphatic imine (C=N–C) groups is 1. The number of hydrogen-bond acceptors (Lipinski definition) is 5. The Morgan fingerprint density at radius 2 is 1.94 bits per heavy atom. The van der Waals surface area contributed by atoms with Crippen molar-refractivity contribution in [3.63, 3.8) is 0 Å². The second kappa shape index (κ2) is 10.5. The predicted octanol–water partition coefficient (Wildman–Crippen LogP) is 4.76.